The number of fused-ring (bicyclic) bond motifs is 2. The van der Waals surface area contributed by atoms with Gasteiger partial charge in [-0.2, -0.15) is 0 Å². The van der Waals surface area contributed by atoms with Gasteiger partial charge < -0.3 is 9.47 Å². The van der Waals surface area contributed by atoms with Gasteiger partial charge in [0.25, 0.3) is 0 Å². The third-order valence-electron chi connectivity index (χ3n) is 4.73. The molecule has 1 unspecified atom stereocenters. The molecule has 1 atom stereocenters. The molecule has 24 heavy (non-hydrogen) atoms. The van der Waals surface area contributed by atoms with E-state index in [0.717, 1.165) is 50.1 Å². The van der Waals surface area contributed by atoms with E-state index < -0.39 is 0 Å². The summed E-state index contributed by atoms with van der Waals surface area (Å²) in [6.45, 7) is 7.09. The molecule has 0 aliphatic carbocycles. The Morgan fingerprint density at radius 1 is 1.04 bits per heavy atom. The number of hydrogen-bond donors (Lipinski definition) is 0. The molecule has 1 saturated heterocycles. The lowest BCUT2D eigenvalue weighted by atomic mass is 9.98. The first kappa shape index (κ1) is 16.0. The second kappa shape index (κ2) is 7.18. The first-order chi connectivity index (χ1) is 11.8. The highest BCUT2D eigenvalue weighted by molar-refractivity contribution is 7.99. The van der Waals surface area contributed by atoms with Gasteiger partial charge in [0.05, 0.1) is 18.5 Å². The maximum absolute atomic E-state index is 6.19. The van der Waals surface area contributed by atoms with Crippen LogP contribution in [0, 0.1) is 6.92 Å². The molecule has 4 rings (SSSR count). The van der Waals surface area contributed by atoms with Crippen LogP contribution in [0.5, 0.6) is 11.5 Å². The Kier molecular flexibility index (Phi) is 4.79. The number of morpholine rings is 1. The van der Waals surface area contributed by atoms with Crippen LogP contribution in [0.4, 0.5) is 0 Å². The molecule has 2 aliphatic rings. The maximum atomic E-state index is 6.19. The lowest BCUT2D eigenvalue weighted by molar-refractivity contribution is 0.0410. The van der Waals surface area contributed by atoms with Crippen molar-refractivity contribution >= 4 is 11.8 Å². The van der Waals surface area contributed by atoms with Crippen molar-refractivity contribution in [2.45, 2.75) is 12.2 Å². The summed E-state index contributed by atoms with van der Waals surface area (Å²) in [7, 11) is 0. The highest BCUT2D eigenvalue weighted by atomic mass is 32.2. The van der Waals surface area contributed by atoms with Crippen molar-refractivity contribution in [3.8, 4) is 11.5 Å². The monoisotopic (exact) mass is 341 g/mol. The van der Waals surface area contributed by atoms with Crippen LogP contribution in [-0.4, -0.2) is 43.5 Å². The third kappa shape index (κ3) is 3.18. The fraction of sp³-hybridized carbons (Fsp3) is 0.400. The fourth-order valence-corrected chi connectivity index (χ4v) is 4.73. The van der Waals surface area contributed by atoms with E-state index in [2.05, 4.69) is 54.3 Å². The molecule has 2 aromatic rings. The SMILES string of the molecule is Cc1cccc2c1Oc1ccccc1C2SCCN1CCOCC1. The normalized spacial score (nSPS) is 20.1. The van der Waals surface area contributed by atoms with Crippen molar-refractivity contribution < 1.29 is 9.47 Å². The van der Waals surface area contributed by atoms with Crippen LogP contribution in [0.15, 0.2) is 42.5 Å². The molecule has 1 fully saturated rings. The van der Waals surface area contributed by atoms with E-state index in [-0.39, 0.29) is 0 Å². The highest BCUT2D eigenvalue weighted by Crippen LogP contribution is 2.50. The largest absolute Gasteiger partial charge is 0.456 e. The molecule has 126 valence electrons. The molecule has 3 nitrogen and oxygen atoms in total. The molecule has 2 aromatic carbocycles. The Morgan fingerprint density at radius 2 is 1.83 bits per heavy atom. The van der Waals surface area contributed by atoms with E-state index in [4.69, 9.17) is 9.47 Å². The predicted molar refractivity (Wildman–Crippen MR) is 99.3 cm³/mol. The van der Waals surface area contributed by atoms with E-state index >= 15 is 0 Å². The van der Waals surface area contributed by atoms with Gasteiger partial charge in [-0.1, -0.05) is 36.4 Å². The van der Waals surface area contributed by atoms with Crippen LogP contribution in [0.25, 0.3) is 0 Å². The average Bonchev–Trinajstić information content (AvgIpc) is 2.63. The Balaban J connectivity index is 1.54. The summed E-state index contributed by atoms with van der Waals surface area (Å²) in [6, 6.07) is 14.9. The van der Waals surface area contributed by atoms with Gasteiger partial charge in [0, 0.05) is 36.5 Å². The van der Waals surface area contributed by atoms with Crippen LogP contribution < -0.4 is 4.74 Å². The molecular formula is C20H23NO2S. The summed E-state index contributed by atoms with van der Waals surface area (Å²) in [5, 5.41) is 0.353. The molecule has 0 aromatic heterocycles. The zero-order valence-electron chi connectivity index (χ0n) is 14.0. The summed E-state index contributed by atoms with van der Waals surface area (Å²) in [5.74, 6) is 3.16. The number of hydrogen-bond acceptors (Lipinski definition) is 4. The topological polar surface area (TPSA) is 21.7 Å². The third-order valence-corrected chi connectivity index (χ3v) is 5.99. The molecule has 0 radical (unpaired) electrons. The summed E-state index contributed by atoms with van der Waals surface area (Å²) >= 11 is 2.02. The van der Waals surface area contributed by atoms with Crippen molar-refractivity contribution in [1.82, 2.24) is 4.90 Å². The van der Waals surface area contributed by atoms with E-state index in [1.807, 2.05) is 11.8 Å². The number of rotatable bonds is 4. The van der Waals surface area contributed by atoms with Gasteiger partial charge in [-0.3, -0.25) is 4.90 Å². The minimum absolute atomic E-state index is 0.353. The van der Waals surface area contributed by atoms with Crippen molar-refractivity contribution in [2.24, 2.45) is 0 Å². The van der Waals surface area contributed by atoms with E-state index in [1.54, 1.807) is 0 Å². The first-order valence-corrected chi connectivity index (χ1v) is 9.66. The number of aryl methyl sites for hydroxylation is 1. The van der Waals surface area contributed by atoms with E-state index in [0.29, 0.717) is 5.25 Å². The lowest BCUT2D eigenvalue weighted by Crippen LogP contribution is -2.37. The molecule has 0 bridgehead atoms. The summed E-state index contributed by atoms with van der Waals surface area (Å²) in [6.07, 6.45) is 0. The van der Waals surface area contributed by atoms with E-state index in [1.165, 1.54) is 16.7 Å². The molecule has 0 N–H and O–H groups in total. The van der Waals surface area contributed by atoms with Crippen molar-refractivity contribution in [2.75, 3.05) is 38.6 Å². The summed E-state index contributed by atoms with van der Waals surface area (Å²) < 4.78 is 11.6. The first-order valence-electron chi connectivity index (χ1n) is 8.61. The van der Waals surface area contributed by atoms with Crippen LogP contribution in [0.3, 0.4) is 0 Å². The zero-order valence-corrected chi connectivity index (χ0v) is 14.8. The van der Waals surface area contributed by atoms with Gasteiger partial charge in [-0.15, -0.1) is 11.8 Å². The standard InChI is InChI=1S/C20H23NO2S/c1-15-5-4-7-17-19(15)23-18-8-3-2-6-16(18)20(17)24-14-11-21-9-12-22-13-10-21/h2-8,20H,9-14H2,1H3. The van der Waals surface area contributed by atoms with Gasteiger partial charge in [0.1, 0.15) is 11.5 Å². The van der Waals surface area contributed by atoms with Gasteiger partial charge >= 0.3 is 0 Å². The van der Waals surface area contributed by atoms with Crippen molar-refractivity contribution in [3.63, 3.8) is 0 Å². The zero-order chi connectivity index (χ0) is 16.4. The quantitative estimate of drug-likeness (QED) is 0.828. The molecule has 4 heteroatoms. The molecule has 0 saturated carbocycles. The molecule has 2 aliphatic heterocycles. The van der Waals surface area contributed by atoms with E-state index in [9.17, 15) is 0 Å². The van der Waals surface area contributed by atoms with Crippen LogP contribution >= 0.6 is 11.8 Å². The van der Waals surface area contributed by atoms with Crippen LogP contribution in [0.1, 0.15) is 21.9 Å². The smallest absolute Gasteiger partial charge is 0.135 e. The Morgan fingerprint density at radius 3 is 2.71 bits per heavy atom. The Bertz CT molecular complexity index is 713. The van der Waals surface area contributed by atoms with Gasteiger partial charge in [0.2, 0.25) is 0 Å². The number of para-hydroxylation sites is 2. The van der Waals surface area contributed by atoms with Gasteiger partial charge in [-0.05, 0) is 18.6 Å². The van der Waals surface area contributed by atoms with Gasteiger partial charge in [0.15, 0.2) is 0 Å². The minimum atomic E-state index is 0.353. The second-order valence-corrected chi connectivity index (χ2v) is 7.55. The van der Waals surface area contributed by atoms with Crippen molar-refractivity contribution in [3.05, 3.63) is 59.2 Å². The number of nitrogens with zero attached hydrogens (tertiary/aromatic N) is 1. The van der Waals surface area contributed by atoms with Gasteiger partial charge in [-0.25, -0.2) is 0 Å². The average molecular weight is 341 g/mol. The number of ether oxygens (including phenoxy) is 2. The Labute approximate surface area is 148 Å². The van der Waals surface area contributed by atoms with Crippen LogP contribution in [0.2, 0.25) is 0 Å². The van der Waals surface area contributed by atoms with Crippen LogP contribution in [-0.2, 0) is 4.74 Å². The predicted octanol–water partition coefficient (Wildman–Crippen LogP) is 4.26. The number of thioether (sulfide) groups is 1. The Hall–Kier alpha value is -1.49. The number of benzene rings is 2. The summed E-state index contributed by atoms with van der Waals surface area (Å²) in [5.41, 5.74) is 3.81. The highest BCUT2D eigenvalue weighted by Gasteiger charge is 2.28. The molecule has 0 spiro atoms. The lowest BCUT2D eigenvalue weighted by Gasteiger charge is -2.30. The van der Waals surface area contributed by atoms with Crippen molar-refractivity contribution in [1.29, 1.82) is 0 Å². The fourth-order valence-electron chi connectivity index (χ4n) is 3.39. The second-order valence-electron chi connectivity index (χ2n) is 6.34. The maximum Gasteiger partial charge on any atom is 0.135 e. The molecule has 2 heterocycles. The molecule has 0 amide bonds. The summed E-state index contributed by atoms with van der Waals surface area (Å²) in [4.78, 5) is 2.50. The minimum Gasteiger partial charge on any atom is -0.456 e. The molecular weight excluding hydrogens is 318 g/mol.